The van der Waals surface area contributed by atoms with Crippen molar-refractivity contribution in [2.45, 2.75) is 23.8 Å². The molecule has 8 nitrogen and oxygen atoms in total. The van der Waals surface area contributed by atoms with Crippen molar-refractivity contribution in [2.24, 2.45) is 0 Å². The Hall–Kier alpha value is -3.83. The van der Waals surface area contributed by atoms with Crippen LogP contribution in [0, 0.1) is 11.6 Å². The second kappa shape index (κ2) is 9.80. The van der Waals surface area contributed by atoms with Crippen LogP contribution in [0.5, 0.6) is 0 Å². The van der Waals surface area contributed by atoms with Crippen LogP contribution in [0.1, 0.15) is 12.8 Å². The molecular formula is C24H21F2N3O5S. The first kappa shape index (κ1) is 24.3. The molecule has 0 saturated carbocycles. The van der Waals surface area contributed by atoms with E-state index in [0.29, 0.717) is 23.7 Å². The maximum absolute atomic E-state index is 13.7. The third-order valence-corrected chi connectivity index (χ3v) is 7.53. The molecule has 0 radical (unpaired) electrons. The number of rotatable bonds is 6. The van der Waals surface area contributed by atoms with E-state index in [1.54, 1.807) is 36.4 Å². The molecule has 1 aliphatic heterocycles. The van der Waals surface area contributed by atoms with Crippen molar-refractivity contribution in [1.29, 1.82) is 0 Å². The Morgan fingerprint density at radius 1 is 0.914 bits per heavy atom. The standard InChI is InChI=1S/C24H21F2N3O5S/c25-17-7-12-21(20(26)14-17)28-24(32)27-18-8-3-15(4-9-18)16-5-10-19(11-6-16)35(33,34)29-13-1-2-22(29)23(30)31/h3-12,14,22H,1-2,13H2,(H,30,31)(H2,27,28,32)/t22-/m0/s1. The Morgan fingerprint density at radius 3 is 2.14 bits per heavy atom. The minimum Gasteiger partial charge on any atom is -0.480 e. The summed E-state index contributed by atoms with van der Waals surface area (Å²) in [6, 6.07) is 13.8. The van der Waals surface area contributed by atoms with E-state index in [4.69, 9.17) is 0 Å². The summed E-state index contributed by atoms with van der Waals surface area (Å²) in [6.45, 7) is 0.164. The van der Waals surface area contributed by atoms with Crippen LogP contribution >= 0.6 is 0 Å². The molecule has 0 unspecified atom stereocenters. The third-order valence-electron chi connectivity index (χ3n) is 5.61. The third kappa shape index (κ3) is 5.31. The fourth-order valence-electron chi connectivity index (χ4n) is 3.85. The van der Waals surface area contributed by atoms with Gasteiger partial charge in [0.15, 0.2) is 0 Å². The van der Waals surface area contributed by atoms with Gasteiger partial charge < -0.3 is 15.7 Å². The first-order valence-electron chi connectivity index (χ1n) is 10.6. The molecule has 0 aromatic heterocycles. The number of sulfonamides is 1. The molecular weight excluding hydrogens is 480 g/mol. The average molecular weight is 502 g/mol. The molecule has 1 saturated heterocycles. The van der Waals surface area contributed by atoms with Crippen LogP contribution in [0.25, 0.3) is 11.1 Å². The molecule has 3 N–H and O–H groups in total. The largest absolute Gasteiger partial charge is 0.480 e. The molecule has 35 heavy (non-hydrogen) atoms. The maximum atomic E-state index is 13.7. The number of nitrogens with one attached hydrogen (secondary N) is 2. The highest BCUT2D eigenvalue weighted by Crippen LogP contribution is 2.28. The molecule has 3 aromatic rings. The predicted molar refractivity (Wildman–Crippen MR) is 125 cm³/mol. The molecule has 2 amide bonds. The van der Waals surface area contributed by atoms with Gasteiger partial charge in [0.1, 0.15) is 17.7 Å². The Balaban J connectivity index is 1.43. The minimum absolute atomic E-state index is 0.0115. The first-order chi connectivity index (χ1) is 16.6. The van der Waals surface area contributed by atoms with E-state index in [0.717, 1.165) is 22.0 Å². The van der Waals surface area contributed by atoms with Gasteiger partial charge in [0.05, 0.1) is 10.6 Å². The number of carbonyl (C=O) groups is 2. The van der Waals surface area contributed by atoms with Crippen LogP contribution in [-0.4, -0.2) is 42.4 Å². The summed E-state index contributed by atoms with van der Waals surface area (Å²) in [7, 11) is -3.93. The van der Waals surface area contributed by atoms with Crippen molar-refractivity contribution in [2.75, 3.05) is 17.2 Å². The lowest BCUT2D eigenvalue weighted by molar-refractivity contribution is -0.140. The zero-order valence-corrected chi connectivity index (χ0v) is 19.1. The summed E-state index contributed by atoms with van der Waals surface area (Å²) in [6.07, 6.45) is 0.773. The lowest BCUT2D eigenvalue weighted by atomic mass is 10.1. The number of hydrogen-bond acceptors (Lipinski definition) is 4. The van der Waals surface area contributed by atoms with Crippen molar-refractivity contribution >= 4 is 33.4 Å². The predicted octanol–water partition coefficient (Wildman–Crippen LogP) is 4.51. The molecule has 1 atom stereocenters. The topological polar surface area (TPSA) is 116 Å². The summed E-state index contributed by atoms with van der Waals surface area (Å²) in [4.78, 5) is 23.5. The molecule has 0 aliphatic carbocycles. The van der Waals surface area contributed by atoms with E-state index < -0.39 is 39.7 Å². The Morgan fingerprint density at radius 2 is 1.54 bits per heavy atom. The van der Waals surface area contributed by atoms with Crippen molar-refractivity contribution in [3.63, 3.8) is 0 Å². The van der Waals surface area contributed by atoms with Crippen LogP contribution in [0.15, 0.2) is 71.6 Å². The van der Waals surface area contributed by atoms with E-state index in [9.17, 15) is 31.9 Å². The molecule has 0 spiro atoms. The van der Waals surface area contributed by atoms with Crippen molar-refractivity contribution in [3.05, 3.63) is 78.4 Å². The number of carbonyl (C=O) groups excluding carboxylic acids is 1. The zero-order valence-electron chi connectivity index (χ0n) is 18.2. The number of benzene rings is 3. The maximum Gasteiger partial charge on any atom is 0.323 e. The number of carboxylic acids is 1. The zero-order chi connectivity index (χ0) is 25.2. The van der Waals surface area contributed by atoms with Gasteiger partial charge in [-0.25, -0.2) is 22.0 Å². The van der Waals surface area contributed by atoms with Crippen molar-refractivity contribution in [3.8, 4) is 11.1 Å². The van der Waals surface area contributed by atoms with Crippen LogP contribution in [0.4, 0.5) is 25.0 Å². The highest BCUT2D eigenvalue weighted by atomic mass is 32.2. The smallest absolute Gasteiger partial charge is 0.323 e. The highest BCUT2D eigenvalue weighted by Gasteiger charge is 2.39. The van der Waals surface area contributed by atoms with Crippen LogP contribution in [-0.2, 0) is 14.8 Å². The number of urea groups is 1. The highest BCUT2D eigenvalue weighted by molar-refractivity contribution is 7.89. The van der Waals surface area contributed by atoms with Crippen LogP contribution in [0.2, 0.25) is 0 Å². The Kier molecular flexibility index (Phi) is 6.81. The normalized spacial score (nSPS) is 16.1. The fraction of sp³-hybridized carbons (Fsp3) is 0.167. The lowest BCUT2D eigenvalue weighted by Gasteiger charge is -2.21. The van der Waals surface area contributed by atoms with Gasteiger partial charge in [0.2, 0.25) is 10.0 Å². The molecule has 3 aromatic carbocycles. The van der Waals surface area contributed by atoms with Crippen molar-refractivity contribution < 1.29 is 31.9 Å². The SMILES string of the molecule is O=C(Nc1ccc(-c2ccc(S(=O)(=O)N3CCC[C@H]3C(=O)O)cc2)cc1)Nc1ccc(F)cc1F. The van der Waals surface area contributed by atoms with E-state index in [2.05, 4.69) is 10.6 Å². The van der Waals surface area contributed by atoms with E-state index in [1.807, 2.05) is 0 Å². The van der Waals surface area contributed by atoms with E-state index >= 15 is 0 Å². The molecule has 0 bridgehead atoms. The van der Waals surface area contributed by atoms with Gasteiger partial charge in [0.25, 0.3) is 0 Å². The Bertz CT molecular complexity index is 1360. The van der Waals surface area contributed by atoms with Crippen molar-refractivity contribution in [1.82, 2.24) is 4.31 Å². The summed E-state index contributed by atoms with van der Waals surface area (Å²) in [5.74, 6) is -2.81. The Labute approximate surface area is 200 Å². The number of amides is 2. The van der Waals surface area contributed by atoms with Gasteiger partial charge in [-0.15, -0.1) is 0 Å². The fourth-order valence-corrected chi connectivity index (χ4v) is 5.50. The molecule has 1 aliphatic rings. The average Bonchev–Trinajstić information content (AvgIpc) is 3.33. The van der Waals surface area contributed by atoms with Crippen LogP contribution in [0.3, 0.4) is 0 Å². The molecule has 11 heteroatoms. The molecule has 4 rings (SSSR count). The van der Waals surface area contributed by atoms with Crippen LogP contribution < -0.4 is 10.6 Å². The van der Waals surface area contributed by atoms with Gasteiger partial charge in [-0.05, 0) is 60.4 Å². The number of anilines is 2. The number of aliphatic carboxylic acids is 1. The summed E-state index contributed by atoms with van der Waals surface area (Å²) < 4.78 is 53.5. The number of nitrogens with zero attached hydrogens (tertiary/aromatic N) is 1. The number of halogens is 2. The summed E-state index contributed by atoms with van der Waals surface area (Å²) in [5.41, 5.74) is 1.71. The number of hydrogen-bond donors (Lipinski definition) is 3. The van der Waals surface area contributed by atoms with Gasteiger partial charge in [-0.3, -0.25) is 4.79 Å². The molecule has 182 valence electrons. The van der Waals surface area contributed by atoms with E-state index in [-0.39, 0.29) is 23.5 Å². The monoisotopic (exact) mass is 501 g/mol. The van der Waals surface area contributed by atoms with Gasteiger partial charge in [0, 0.05) is 18.3 Å². The first-order valence-corrected chi connectivity index (χ1v) is 12.1. The second-order valence-electron chi connectivity index (χ2n) is 7.92. The van der Waals surface area contributed by atoms with Gasteiger partial charge >= 0.3 is 12.0 Å². The molecule has 1 heterocycles. The molecule has 1 fully saturated rings. The number of carboxylic acid groups (broad SMARTS) is 1. The van der Waals surface area contributed by atoms with E-state index in [1.165, 1.54) is 12.1 Å². The van der Waals surface area contributed by atoms with Gasteiger partial charge in [-0.1, -0.05) is 24.3 Å². The second-order valence-corrected chi connectivity index (χ2v) is 9.81. The summed E-state index contributed by atoms with van der Waals surface area (Å²) in [5, 5.41) is 14.1. The lowest BCUT2D eigenvalue weighted by Crippen LogP contribution is -2.40. The quantitative estimate of drug-likeness (QED) is 0.460. The van der Waals surface area contributed by atoms with Gasteiger partial charge in [-0.2, -0.15) is 4.31 Å². The minimum atomic E-state index is -3.93. The summed E-state index contributed by atoms with van der Waals surface area (Å²) >= 11 is 0.